The van der Waals surface area contributed by atoms with Gasteiger partial charge in [-0.1, -0.05) is 12.1 Å². The first kappa shape index (κ1) is 22.1. The number of carbonyl (C=O) groups excluding carboxylic acids is 1. The highest BCUT2D eigenvalue weighted by Crippen LogP contribution is 2.36. The molecular weight excluding hydrogens is 416 g/mol. The van der Waals surface area contributed by atoms with Crippen LogP contribution in [0.3, 0.4) is 0 Å². The summed E-state index contributed by atoms with van der Waals surface area (Å²) in [6.07, 6.45) is 1.70. The van der Waals surface area contributed by atoms with Gasteiger partial charge in [-0.05, 0) is 63.6 Å². The number of rotatable bonds is 5. The molecule has 33 heavy (non-hydrogen) atoms. The second kappa shape index (κ2) is 8.11. The van der Waals surface area contributed by atoms with Crippen LogP contribution in [0.15, 0.2) is 48.7 Å². The van der Waals surface area contributed by atoms with Gasteiger partial charge < -0.3 is 10.8 Å². The predicted molar refractivity (Wildman–Crippen MR) is 124 cm³/mol. The second-order valence-corrected chi connectivity index (χ2v) is 8.66. The van der Waals surface area contributed by atoms with Crippen LogP contribution in [-0.4, -0.2) is 36.2 Å². The lowest BCUT2D eigenvalue weighted by molar-refractivity contribution is -0.124. The maximum atomic E-state index is 12.2. The summed E-state index contributed by atoms with van der Waals surface area (Å²) in [6.45, 7) is 6.88. The number of nitrogens with two attached hydrogens (primary N) is 1. The Morgan fingerprint density at radius 2 is 1.82 bits per heavy atom. The quantitative estimate of drug-likeness (QED) is 0.490. The molecule has 0 fully saturated rings. The summed E-state index contributed by atoms with van der Waals surface area (Å²) >= 11 is 0. The maximum absolute atomic E-state index is 12.2. The van der Waals surface area contributed by atoms with Crippen molar-refractivity contribution in [1.82, 2.24) is 19.6 Å². The van der Waals surface area contributed by atoms with Crippen LogP contribution in [0, 0.1) is 25.2 Å². The molecule has 3 heterocycles. The Bertz CT molecular complexity index is 1410. The second-order valence-electron chi connectivity index (χ2n) is 8.66. The lowest BCUT2D eigenvalue weighted by atomic mass is 9.87. The number of primary amides is 1. The average Bonchev–Trinajstić information content (AvgIpc) is 3.10. The van der Waals surface area contributed by atoms with Crippen molar-refractivity contribution in [2.75, 3.05) is 0 Å². The van der Waals surface area contributed by atoms with Crippen molar-refractivity contribution in [3.63, 3.8) is 0 Å². The zero-order valence-electron chi connectivity index (χ0n) is 18.9. The SMILES string of the molecule is Cc1cc(-c2c(-c3cccc(C#N)c3)nn3ccc(C(C(N)=O)C(C)(C)O)nc23)cc(C)n1. The van der Waals surface area contributed by atoms with Gasteiger partial charge in [0.05, 0.1) is 28.5 Å². The summed E-state index contributed by atoms with van der Waals surface area (Å²) in [5.41, 5.74) is 10.3. The number of carbonyl (C=O) groups is 1. The van der Waals surface area contributed by atoms with Crippen LogP contribution in [0.4, 0.5) is 0 Å². The normalized spacial score (nSPS) is 12.5. The van der Waals surface area contributed by atoms with Crippen LogP contribution < -0.4 is 5.73 Å². The maximum Gasteiger partial charge on any atom is 0.229 e. The standard InChI is InChI=1S/C25H24N6O2/c1-14-10-18(11-15(2)28-14)20-22(17-7-5-6-16(12-17)13-26)30-31-9-8-19(29-24(20)31)21(23(27)32)25(3,4)33/h5-12,21,33H,1-4H3,(H2,27,32). The molecule has 3 N–H and O–H groups in total. The molecule has 1 amide bonds. The summed E-state index contributed by atoms with van der Waals surface area (Å²) in [4.78, 5) is 21.4. The monoisotopic (exact) mass is 440 g/mol. The minimum atomic E-state index is -1.40. The average molecular weight is 441 g/mol. The number of nitrogens with zero attached hydrogens (tertiary/aromatic N) is 5. The van der Waals surface area contributed by atoms with Gasteiger partial charge in [-0.3, -0.25) is 9.78 Å². The Morgan fingerprint density at radius 1 is 1.12 bits per heavy atom. The number of fused-ring (bicyclic) bond motifs is 1. The van der Waals surface area contributed by atoms with Crippen LogP contribution in [0.2, 0.25) is 0 Å². The molecule has 0 saturated carbocycles. The summed E-state index contributed by atoms with van der Waals surface area (Å²) < 4.78 is 1.63. The van der Waals surface area contributed by atoms with E-state index in [4.69, 9.17) is 15.8 Å². The zero-order chi connectivity index (χ0) is 23.9. The van der Waals surface area contributed by atoms with Crippen LogP contribution in [0.5, 0.6) is 0 Å². The number of pyridine rings is 1. The first-order valence-corrected chi connectivity index (χ1v) is 10.5. The van der Waals surface area contributed by atoms with Crippen LogP contribution >= 0.6 is 0 Å². The predicted octanol–water partition coefficient (Wildman–Crippen LogP) is 3.29. The first-order chi connectivity index (χ1) is 15.6. The lowest BCUT2D eigenvalue weighted by Gasteiger charge is -2.26. The van der Waals surface area contributed by atoms with Gasteiger partial charge in [-0.25, -0.2) is 9.50 Å². The van der Waals surface area contributed by atoms with Crippen LogP contribution in [0.1, 0.15) is 42.4 Å². The third kappa shape index (κ3) is 4.19. The van der Waals surface area contributed by atoms with Gasteiger partial charge in [0.1, 0.15) is 11.6 Å². The minimum Gasteiger partial charge on any atom is -0.389 e. The summed E-state index contributed by atoms with van der Waals surface area (Å²) in [6, 6.07) is 14.9. The van der Waals surface area contributed by atoms with E-state index in [2.05, 4.69) is 11.1 Å². The Labute approximate surface area is 191 Å². The number of aliphatic hydroxyl groups is 1. The molecular formula is C25H24N6O2. The summed E-state index contributed by atoms with van der Waals surface area (Å²) in [5, 5.41) is 24.7. The number of aromatic nitrogens is 4. The van der Waals surface area contributed by atoms with Gasteiger partial charge in [0.2, 0.25) is 5.91 Å². The molecule has 0 radical (unpaired) electrons. The number of benzene rings is 1. The van der Waals surface area contributed by atoms with E-state index in [1.165, 1.54) is 13.8 Å². The van der Waals surface area contributed by atoms with Crippen molar-refractivity contribution in [1.29, 1.82) is 5.26 Å². The van der Waals surface area contributed by atoms with Crippen molar-refractivity contribution in [2.24, 2.45) is 5.73 Å². The highest BCUT2D eigenvalue weighted by Gasteiger charge is 2.35. The van der Waals surface area contributed by atoms with Crippen molar-refractivity contribution in [3.8, 4) is 28.5 Å². The third-order valence-electron chi connectivity index (χ3n) is 5.43. The largest absolute Gasteiger partial charge is 0.389 e. The van der Waals surface area contributed by atoms with E-state index >= 15 is 0 Å². The van der Waals surface area contributed by atoms with Gasteiger partial charge in [0.25, 0.3) is 0 Å². The molecule has 3 aromatic heterocycles. The fourth-order valence-electron chi connectivity index (χ4n) is 4.14. The molecule has 1 unspecified atom stereocenters. The highest BCUT2D eigenvalue weighted by molar-refractivity contribution is 5.91. The van der Waals surface area contributed by atoms with Gasteiger partial charge in [-0.2, -0.15) is 10.4 Å². The fraction of sp³-hybridized carbons (Fsp3) is 0.240. The number of aryl methyl sites for hydroxylation is 2. The molecule has 1 atom stereocenters. The van der Waals surface area contributed by atoms with Crippen molar-refractivity contribution < 1.29 is 9.90 Å². The highest BCUT2D eigenvalue weighted by atomic mass is 16.3. The third-order valence-corrected chi connectivity index (χ3v) is 5.43. The summed E-state index contributed by atoms with van der Waals surface area (Å²) in [5.74, 6) is -1.67. The molecule has 8 nitrogen and oxygen atoms in total. The summed E-state index contributed by atoms with van der Waals surface area (Å²) in [7, 11) is 0. The molecule has 4 aromatic rings. The van der Waals surface area contributed by atoms with Gasteiger partial charge in [0, 0.05) is 23.1 Å². The van der Waals surface area contributed by atoms with Crippen molar-refractivity contribution in [2.45, 2.75) is 39.2 Å². The first-order valence-electron chi connectivity index (χ1n) is 10.5. The molecule has 0 saturated heterocycles. The zero-order valence-corrected chi connectivity index (χ0v) is 18.9. The van der Waals surface area contributed by atoms with Crippen molar-refractivity contribution >= 4 is 11.6 Å². The van der Waals surface area contributed by atoms with Gasteiger partial charge >= 0.3 is 0 Å². The molecule has 0 aliphatic rings. The Hall–Kier alpha value is -4.09. The van der Waals surface area contributed by atoms with E-state index < -0.39 is 17.4 Å². The lowest BCUT2D eigenvalue weighted by Crippen LogP contribution is -2.39. The Kier molecular flexibility index (Phi) is 5.44. The number of hydrogen-bond donors (Lipinski definition) is 2. The van der Waals surface area contributed by atoms with E-state index in [-0.39, 0.29) is 0 Å². The smallest absolute Gasteiger partial charge is 0.229 e. The molecule has 166 valence electrons. The fourth-order valence-corrected chi connectivity index (χ4v) is 4.14. The van der Waals surface area contributed by atoms with Crippen LogP contribution in [0.25, 0.3) is 28.0 Å². The number of amides is 1. The minimum absolute atomic E-state index is 0.350. The van der Waals surface area contributed by atoms with E-state index in [1.807, 2.05) is 32.0 Å². The van der Waals surface area contributed by atoms with E-state index in [0.29, 0.717) is 22.6 Å². The number of hydrogen-bond acceptors (Lipinski definition) is 6. The van der Waals surface area contributed by atoms with Gasteiger partial charge in [-0.15, -0.1) is 0 Å². The topological polar surface area (TPSA) is 130 Å². The molecule has 0 aliphatic carbocycles. The molecule has 4 rings (SSSR count). The Morgan fingerprint density at radius 3 is 2.42 bits per heavy atom. The van der Waals surface area contributed by atoms with E-state index in [9.17, 15) is 15.2 Å². The van der Waals surface area contributed by atoms with E-state index in [1.54, 1.807) is 35.0 Å². The molecule has 8 heteroatoms. The molecule has 0 bridgehead atoms. The van der Waals surface area contributed by atoms with Crippen molar-refractivity contribution in [3.05, 3.63) is 71.3 Å². The van der Waals surface area contributed by atoms with Gasteiger partial charge in [0.15, 0.2) is 5.65 Å². The number of nitriles is 1. The van der Waals surface area contributed by atoms with E-state index in [0.717, 1.165) is 28.1 Å². The molecule has 0 aliphatic heterocycles. The molecule has 1 aromatic carbocycles. The molecule has 0 spiro atoms. The Balaban J connectivity index is 2.06. The van der Waals surface area contributed by atoms with Crippen LogP contribution in [-0.2, 0) is 4.79 Å².